The molecule has 0 aliphatic heterocycles. The summed E-state index contributed by atoms with van der Waals surface area (Å²) in [6, 6.07) is 10.0. The molecule has 0 saturated carbocycles. The molecule has 2 aromatic rings. The van der Waals surface area contributed by atoms with Crippen molar-refractivity contribution in [3.63, 3.8) is 0 Å². The van der Waals surface area contributed by atoms with E-state index in [9.17, 15) is 4.79 Å². The zero-order valence-electron chi connectivity index (χ0n) is 10.9. The number of benzene rings is 1. The molecule has 4 heteroatoms. The Bertz CT molecular complexity index is 551. The largest absolute Gasteiger partial charge is 0.382 e. The third kappa shape index (κ3) is 2.83. The molecule has 18 heavy (non-hydrogen) atoms. The predicted octanol–water partition coefficient (Wildman–Crippen LogP) is 2.83. The number of hydrogen-bond donors (Lipinski definition) is 3. The lowest BCUT2D eigenvalue weighted by Crippen LogP contribution is -2.21. The maximum absolute atomic E-state index is 11.1. The molecular weight excluding hydrogens is 226 g/mol. The van der Waals surface area contributed by atoms with E-state index in [1.807, 2.05) is 24.3 Å². The summed E-state index contributed by atoms with van der Waals surface area (Å²) in [7, 11) is 0. The first kappa shape index (κ1) is 12.5. The van der Waals surface area contributed by atoms with Crippen molar-refractivity contribution >= 4 is 5.69 Å². The van der Waals surface area contributed by atoms with Gasteiger partial charge in [0.25, 0.3) is 5.56 Å². The van der Waals surface area contributed by atoms with Crippen LogP contribution in [-0.4, -0.2) is 16.2 Å². The lowest BCUT2D eigenvalue weighted by molar-refractivity contribution is 0.560. The van der Waals surface area contributed by atoms with Crippen molar-refractivity contribution in [3.05, 3.63) is 40.7 Å². The molecule has 0 radical (unpaired) electrons. The summed E-state index contributed by atoms with van der Waals surface area (Å²) in [5, 5.41) is 8.82. The molecule has 2 rings (SSSR count). The average molecular weight is 245 g/mol. The third-order valence-corrected chi connectivity index (χ3v) is 3.19. The van der Waals surface area contributed by atoms with Crippen LogP contribution in [0, 0.1) is 5.92 Å². The lowest BCUT2D eigenvalue weighted by Gasteiger charge is -2.18. The summed E-state index contributed by atoms with van der Waals surface area (Å²) in [5.74, 6) is 0.589. The highest BCUT2D eigenvalue weighted by molar-refractivity contribution is 5.62. The Morgan fingerprint density at radius 3 is 2.22 bits per heavy atom. The van der Waals surface area contributed by atoms with Crippen LogP contribution < -0.4 is 10.9 Å². The van der Waals surface area contributed by atoms with E-state index in [0.717, 1.165) is 16.9 Å². The van der Waals surface area contributed by atoms with Crippen molar-refractivity contribution < 1.29 is 0 Å². The lowest BCUT2D eigenvalue weighted by atomic mass is 10.1. The number of nitrogens with one attached hydrogen (secondary N) is 3. The van der Waals surface area contributed by atoms with Crippen molar-refractivity contribution in [1.82, 2.24) is 10.2 Å². The van der Waals surface area contributed by atoms with E-state index in [1.165, 1.54) is 0 Å². The quantitative estimate of drug-likeness (QED) is 0.775. The van der Waals surface area contributed by atoms with Gasteiger partial charge >= 0.3 is 0 Å². The van der Waals surface area contributed by atoms with Crippen LogP contribution in [0.15, 0.2) is 35.1 Å². The maximum Gasteiger partial charge on any atom is 0.264 e. The molecular formula is C14H19N3O. The Labute approximate surface area is 106 Å². The van der Waals surface area contributed by atoms with Gasteiger partial charge in [-0.1, -0.05) is 26.0 Å². The molecule has 1 heterocycles. The Kier molecular flexibility index (Phi) is 3.55. The van der Waals surface area contributed by atoms with E-state index in [0.29, 0.717) is 12.0 Å². The standard InChI is InChI=1S/C14H19N3O/c1-9(2)10(3)15-12-6-4-11(5-7-12)13-8-14(18)17-16-13/h4-10,15H,1-3H3,(H2,16,17,18). The molecule has 1 aromatic carbocycles. The fourth-order valence-electron chi connectivity index (χ4n) is 1.66. The Morgan fingerprint density at radius 1 is 1.06 bits per heavy atom. The minimum absolute atomic E-state index is 0.111. The van der Waals surface area contributed by atoms with Gasteiger partial charge in [-0.2, -0.15) is 0 Å². The number of anilines is 1. The van der Waals surface area contributed by atoms with E-state index in [2.05, 4.69) is 36.3 Å². The summed E-state index contributed by atoms with van der Waals surface area (Å²) < 4.78 is 0. The first-order valence-electron chi connectivity index (χ1n) is 6.21. The van der Waals surface area contributed by atoms with Crippen LogP contribution in [0.2, 0.25) is 0 Å². The number of aromatic nitrogens is 2. The molecule has 1 atom stereocenters. The van der Waals surface area contributed by atoms with Crippen LogP contribution in [0.5, 0.6) is 0 Å². The van der Waals surface area contributed by atoms with Gasteiger partial charge < -0.3 is 5.32 Å². The molecule has 96 valence electrons. The topological polar surface area (TPSA) is 60.7 Å². The first-order valence-corrected chi connectivity index (χ1v) is 6.21. The van der Waals surface area contributed by atoms with Crippen LogP contribution in [0.3, 0.4) is 0 Å². The van der Waals surface area contributed by atoms with Crippen LogP contribution in [0.25, 0.3) is 11.3 Å². The summed E-state index contributed by atoms with van der Waals surface area (Å²) in [4.78, 5) is 11.1. The van der Waals surface area contributed by atoms with Gasteiger partial charge in [-0.15, -0.1) is 0 Å². The van der Waals surface area contributed by atoms with Gasteiger partial charge in [0.05, 0.1) is 5.69 Å². The van der Waals surface area contributed by atoms with Crippen molar-refractivity contribution in [1.29, 1.82) is 0 Å². The van der Waals surface area contributed by atoms with Gasteiger partial charge in [-0.3, -0.25) is 15.0 Å². The van der Waals surface area contributed by atoms with E-state index in [4.69, 9.17) is 0 Å². The van der Waals surface area contributed by atoms with Gasteiger partial charge in [0.2, 0.25) is 0 Å². The second-order valence-corrected chi connectivity index (χ2v) is 4.93. The fourth-order valence-corrected chi connectivity index (χ4v) is 1.66. The molecule has 3 N–H and O–H groups in total. The third-order valence-electron chi connectivity index (χ3n) is 3.19. The minimum atomic E-state index is -0.111. The van der Waals surface area contributed by atoms with Crippen molar-refractivity contribution in [2.24, 2.45) is 5.92 Å². The fraction of sp³-hybridized carbons (Fsp3) is 0.357. The number of H-pyrrole nitrogens is 2. The second kappa shape index (κ2) is 5.12. The first-order chi connectivity index (χ1) is 8.56. The van der Waals surface area contributed by atoms with Crippen LogP contribution in [-0.2, 0) is 0 Å². The molecule has 0 spiro atoms. The van der Waals surface area contributed by atoms with Gasteiger partial charge in [-0.05, 0) is 30.5 Å². The van der Waals surface area contributed by atoms with Gasteiger partial charge in [0, 0.05) is 17.8 Å². The average Bonchev–Trinajstić information content (AvgIpc) is 2.76. The number of aromatic amines is 2. The van der Waals surface area contributed by atoms with Gasteiger partial charge in [-0.25, -0.2) is 0 Å². The van der Waals surface area contributed by atoms with E-state index >= 15 is 0 Å². The zero-order chi connectivity index (χ0) is 13.1. The van der Waals surface area contributed by atoms with Gasteiger partial charge in [0.15, 0.2) is 0 Å². The summed E-state index contributed by atoms with van der Waals surface area (Å²) in [5.41, 5.74) is 2.79. The highest BCUT2D eigenvalue weighted by Gasteiger charge is 2.06. The molecule has 0 aliphatic rings. The molecule has 1 aromatic heterocycles. The highest BCUT2D eigenvalue weighted by Crippen LogP contribution is 2.19. The molecule has 0 saturated heterocycles. The molecule has 1 unspecified atom stereocenters. The Morgan fingerprint density at radius 2 is 1.72 bits per heavy atom. The van der Waals surface area contributed by atoms with E-state index in [-0.39, 0.29) is 5.56 Å². The second-order valence-electron chi connectivity index (χ2n) is 4.93. The molecule has 0 amide bonds. The van der Waals surface area contributed by atoms with Crippen molar-refractivity contribution in [2.45, 2.75) is 26.8 Å². The Balaban J connectivity index is 2.13. The molecule has 0 aliphatic carbocycles. The highest BCUT2D eigenvalue weighted by atomic mass is 16.1. The minimum Gasteiger partial charge on any atom is -0.382 e. The maximum atomic E-state index is 11.1. The normalized spacial score (nSPS) is 12.7. The number of hydrogen-bond acceptors (Lipinski definition) is 2. The van der Waals surface area contributed by atoms with E-state index in [1.54, 1.807) is 6.07 Å². The van der Waals surface area contributed by atoms with Crippen molar-refractivity contribution in [2.75, 3.05) is 5.32 Å². The van der Waals surface area contributed by atoms with Crippen LogP contribution in [0.1, 0.15) is 20.8 Å². The van der Waals surface area contributed by atoms with E-state index < -0.39 is 0 Å². The van der Waals surface area contributed by atoms with Crippen LogP contribution in [0.4, 0.5) is 5.69 Å². The zero-order valence-corrected chi connectivity index (χ0v) is 10.9. The predicted molar refractivity (Wildman–Crippen MR) is 74.8 cm³/mol. The van der Waals surface area contributed by atoms with Crippen molar-refractivity contribution in [3.8, 4) is 11.3 Å². The summed E-state index contributed by atoms with van der Waals surface area (Å²) >= 11 is 0. The summed E-state index contributed by atoms with van der Waals surface area (Å²) in [6.07, 6.45) is 0. The molecule has 0 fully saturated rings. The monoisotopic (exact) mass is 245 g/mol. The van der Waals surface area contributed by atoms with Crippen LogP contribution >= 0.6 is 0 Å². The SMILES string of the molecule is CC(C)C(C)Nc1ccc(-c2cc(=O)[nH][nH]2)cc1. The van der Waals surface area contributed by atoms with Gasteiger partial charge in [0.1, 0.15) is 0 Å². The summed E-state index contributed by atoms with van der Waals surface area (Å²) in [6.45, 7) is 6.55. The smallest absolute Gasteiger partial charge is 0.264 e. The Hall–Kier alpha value is -1.97. The molecule has 0 bridgehead atoms. The molecule has 4 nitrogen and oxygen atoms in total. The number of rotatable bonds is 4.